The van der Waals surface area contributed by atoms with Gasteiger partial charge in [-0.2, -0.15) is 18.2 Å². The Bertz CT molecular complexity index is 1480. The van der Waals surface area contributed by atoms with Crippen LogP contribution >= 0.6 is 11.6 Å². The topological polar surface area (TPSA) is 65.5 Å². The van der Waals surface area contributed by atoms with Gasteiger partial charge in [0.2, 0.25) is 5.82 Å². The minimum atomic E-state index is -4.57. The van der Waals surface area contributed by atoms with Crippen LogP contribution in [0.2, 0.25) is 5.02 Å². The van der Waals surface area contributed by atoms with Gasteiger partial charge < -0.3 is 13.7 Å². The summed E-state index contributed by atoms with van der Waals surface area (Å²) in [6.45, 7) is 5.39. The average molecular weight is 525 g/mol. The molecule has 0 saturated heterocycles. The fraction of sp³-hybridized carbons (Fsp3) is 0.292. The normalized spacial score (nSPS) is 17.8. The highest BCUT2D eigenvalue weighted by Gasteiger charge is 2.43. The van der Waals surface area contributed by atoms with Crippen LogP contribution in [0, 0.1) is 12.8 Å². The van der Waals surface area contributed by atoms with E-state index < -0.39 is 17.7 Å². The van der Waals surface area contributed by atoms with E-state index in [2.05, 4.69) is 21.7 Å². The highest BCUT2D eigenvalue weighted by atomic mass is 35.5. The molecule has 0 N–H and O–H groups in total. The molecule has 12 heteroatoms. The molecule has 3 heterocycles. The second-order valence-corrected chi connectivity index (χ2v) is 9.14. The predicted molar refractivity (Wildman–Crippen MR) is 121 cm³/mol. The molecule has 3 aromatic heterocycles. The van der Waals surface area contributed by atoms with Gasteiger partial charge in [0, 0.05) is 30.3 Å². The first-order chi connectivity index (χ1) is 16.9. The van der Waals surface area contributed by atoms with Gasteiger partial charge in [-0.15, -0.1) is 0 Å². The van der Waals surface area contributed by atoms with Gasteiger partial charge in [0.1, 0.15) is 11.4 Å². The van der Waals surface area contributed by atoms with Gasteiger partial charge in [-0.25, -0.2) is 13.8 Å². The molecule has 0 amide bonds. The first-order valence-corrected chi connectivity index (χ1v) is 11.2. The van der Waals surface area contributed by atoms with Crippen molar-refractivity contribution in [3.63, 3.8) is 0 Å². The van der Waals surface area contributed by atoms with Crippen molar-refractivity contribution in [3.8, 4) is 28.7 Å². The molecule has 188 valence electrons. The smallest absolute Gasteiger partial charge is 0.417 e. The Labute approximate surface area is 206 Å². The Balaban J connectivity index is 1.34. The lowest BCUT2D eigenvalue weighted by Gasteiger charge is -2.14. The number of aromatic nitrogens is 4. The van der Waals surface area contributed by atoms with Crippen LogP contribution in [0.3, 0.4) is 0 Å². The van der Waals surface area contributed by atoms with Gasteiger partial charge in [-0.3, -0.25) is 0 Å². The van der Waals surface area contributed by atoms with E-state index >= 15 is 0 Å². The number of halogens is 6. The van der Waals surface area contributed by atoms with E-state index in [1.807, 2.05) is 0 Å². The molecule has 5 rings (SSSR count). The maximum absolute atomic E-state index is 13.7. The van der Waals surface area contributed by atoms with Crippen molar-refractivity contribution in [1.29, 1.82) is 0 Å². The minimum absolute atomic E-state index is 0.00121. The van der Waals surface area contributed by atoms with Crippen LogP contribution in [0.1, 0.15) is 24.0 Å². The van der Waals surface area contributed by atoms with Gasteiger partial charge in [-0.05, 0) is 48.7 Å². The molecule has 0 spiro atoms. The lowest BCUT2D eigenvalue weighted by Crippen LogP contribution is -2.14. The van der Waals surface area contributed by atoms with Crippen molar-refractivity contribution in [1.82, 2.24) is 19.5 Å². The van der Waals surface area contributed by atoms with Crippen LogP contribution in [0.15, 0.2) is 53.3 Å². The maximum Gasteiger partial charge on any atom is 0.417 e. The first-order valence-electron chi connectivity index (χ1n) is 10.8. The lowest BCUT2D eigenvalue weighted by atomic mass is 10.1. The maximum atomic E-state index is 13.7. The monoisotopic (exact) mass is 524 g/mol. The molecule has 1 fully saturated rings. The summed E-state index contributed by atoms with van der Waals surface area (Å²) >= 11 is 5.99. The molecule has 1 aliphatic rings. The fourth-order valence-electron chi connectivity index (χ4n) is 4.11. The number of nitrogens with zero attached hydrogens (tertiary/aromatic N) is 4. The molecule has 0 unspecified atom stereocenters. The van der Waals surface area contributed by atoms with Crippen LogP contribution in [0.4, 0.5) is 22.0 Å². The van der Waals surface area contributed by atoms with Gasteiger partial charge in [-0.1, -0.05) is 23.3 Å². The van der Waals surface area contributed by atoms with E-state index in [9.17, 15) is 22.0 Å². The van der Waals surface area contributed by atoms with Crippen LogP contribution in [0.5, 0.6) is 5.75 Å². The third kappa shape index (κ3) is 4.55. The number of hydrogen-bond donors (Lipinski definition) is 0. The Kier molecular flexibility index (Phi) is 5.77. The van der Waals surface area contributed by atoms with Gasteiger partial charge in [0.25, 0.3) is 11.8 Å². The summed E-state index contributed by atoms with van der Waals surface area (Å²) in [7, 11) is 0. The van der Waals surface area contributed by atoms with E-state index in [1.165, 1.54) is 6.20 Å². The zero-order valence-electron chi connectivity index (χ0n) is 18.7. The van der Waals surface area contributed by atoms with Crippen LogP contribution in [-0.4, -0.2) is 32.1 Å². The molecule has 0 aliphatic heterocycles. The summed E-state index contributed by atoms with van der Waals surface area (Å²) in [6, 6.07) is 5.93. The number of rotatable bonds is 5. The lowest BCUT2D eigenvalue weighted by molar-refractivity contribution is -0.137. The van der Waals surface area contributed by atoms with Crippen molar-refractivity contribution in [2.75, 3.05) is 6.61 Å². The zero-order valence-corrected chi connectivity index (χ0v) is 19.5. The number of pyridine rings is 1. The molecule has 36 heavy (non-hydrogen) atoms. The molecule has 0 radical (unpaired) electrons. The molecule has 6 nitrogen and oxygen atoms in total. The molecule has 1 saturated carbocycles. The number of alkyl halides is 5. The van der Waals surface area contributed by atoms with Crippen LogP contribution in [-0.2, 0) is 6.18 Å². The summed E-state index contributed by atoms with van der Waals surface area (Å²) in [5.74, 6) is -2.39. The molecule has 1 atom stereocenters. The van der Waals surface area contributed by atoms with Crippen molar-refractivity contribution < 1.29 is 31.2 Å². The van der Waals surface area contributed by atoms with E-state index in [4.69, 9.17) is 20.9 Å². The molecule has 1 aliphatic carbocycles. The SMILES string of the molecule is C=C1C[C@H](COc2ccc(-c3noc(-c4cn5cc(C(F)(F)F)cc(Cl)c5n4)n3)cc2C)CC1(F)F. The molecule has 1 aromatic carbocycles. The standard InChI is InChI=1S/C24H18ClF5N4O2/c1-12-5-15(3-4-19(12)35-11-14-6-13(2)23(26,27)8-14)20-32-22(36-33-20)18-10-34-9-16(24(28,29)30)7-17(25)21(34)31-18/h3-5,7,9-10,14H,2,6,8,11H2,1H3/t14-/m0/s1. The Morgan fingerprint density at radius 3 is 2.67 bits per heavy atom. The zero-order chi connectivity index (χ0) is 25.8. The van der Waals surface area contributed by atoms with E-state index in [0.717, 1.165) is 22.2 Å². The summed E-state index contributed by atoms with van der Waals surface area (Å²) in [5, 5.41) is 3.76. The Morgan fingerprint density at radius 2 is 2.00 bits per heavy atom. The first kappa shape index (κ1) is 24.2. The fourth-order valence-corrected chi connectivity index (χ4v) is 4.37. The largest absolute Gasteiger partial charge is 0.493 e. The highest BCUT2D eigenvalue weighted by molar-refractivity contribution is 6.33. The number of imidazole rings is 1. The number of benzene rings is 1. The number of allylic oxidation sites excluding steroid dienone is 1. The number of hydrogen-bond acceptors (Lipinski definition) is 5. The van der Waals surface area contributed by atoms with Crippen LogP contribution in [0.25, 0.3) is 28.6 Å². The second-order valence-electron chi connectivity index (χ2n) is 8.73. The summed E-state index contributed by atoms with van der Waals surface area (Å²) in [4.78, 5) is 8.51. The third-order valence-corrected chi connectivity index (χ3v) is 6.26. The van der Waals surface area contributed by atoms with Crippen molar-refractivity contribution in [2.24, 2.45) is 5.92 Å². The van der Waals surface area contributed by atoms with Gasteiger partial charge >= 0.3 is 6.18 Å². The average Bonchev–Trinajstić information content (AvgIpc) is 3.50. The third-order valence-electron chi connectivity index (χ3n) is 5.98. The molecular formula is C24H18ClF5N4O2. The molecular weight excluding hydrogens is 507 g/mol. The minimum Gasteiger partial charge on any atom is -0.493 e. The van der Waals surface area contributed by atoms with Crippen molar-refractivity contribution >= 4 is 17.2 Å². The van der Waals surface area contributed by atoms with Crippen molar-refractivity contribution in [3.05, 3.63) is 65.0 Å². The van der Waals surface area contributed by atoms with E-state index in [-0.39, 0.29) is 59.0 Å². The van der Waals surface area contributed by atoms with Crippen molar-refractivity contribution in [2.45, 2.75) is 31.9 Å². The number of fused-ring (bicyclic) bond motifs is 1. The summed E-state index contributed by atoms with van der Waals surface area (Å²) in [6.07, 6.45) is -2.43. The van der Waals surface area contributed by atoms with Gasteiger partial charge in [0.15, 0.2) is 5.65 Å². The summed E-state index contributed by atoms with van der Waals surface area (Å²) in [5.41, 5.74) is 0.615. The van der Waals surface area contributed by atoms with Gasteiger partial charge in [0.05, 0.1) is 17.2 Å². The predicted octanol–water partition coefficient (Wildman–Crippen LogP) is 7.01. The Hall–Kier alpha value is -3.47. The number of aryl methyl sites for hydroxylation is 1. The molecule has 4 aromatic rings. The Morgan fingerprint density at radius 1 is 1.22 bits per heavy atom. The quantitative estimate of drug-likeness (QED) is 0.207. The van der Waals surface area contributed by atoms with Crippen LogP contribution < -0.4 is 4.74 Å². The second kappa shape index (κ2) is 8.58. The van der Waals surface area contributed by atoms with E-state index in [1.54, 1.807) is 25.1 Å². The molecule has 0 bridgehead atoms. The summed E-state index contributed by atoms with van der Waals surface area (Å²) < 4.78 is 78.7. The highest BCUT2D eigenvalue weighted by Crippen LogP contribution is 2.42. The number of ether oxygens (including phenoxy) is 1. The van der Waals surface area contributed by atoms with E-state index in [0.29, 0.717) is 11.3 Å².